The molecule has 2 rings (SSSR count). The quantitative estimate of drug-likeness (QED) is 0.888. The van der Waals surface area contributed by atoms with Crippen molar-refractivity contribution in [3.63, 3.8) is 0 Å². The Morgan fingerprint density at radius 1 is 1.25 bits per heavy atom. The zero-order valence-corrected chi connectivity index (χ0v) is 12.6. The number of carbonyl (C=O) groups excluding carboxylic acids is 1. The highest BCUT2D eigenvalue weighted by Gasteiger charge is 2.37. The Hall–Kier alpha value is -1.51. The lowest BCUT2D eigenvalue weighted by molar-refractivity contribution is -0.123. The summed E-state index contributed by atoms with van der Waals surface area (Å²) in [6, 6.07) is 8.08. The van der Waals surface area contributed by atoms with E-state index in [4.69, 9.17) is 4.74 Å². The standard InChI is InChI=1S/C17H25NO2/c1-3-9-16(19)18-17(12-7-4-8-13-17)14-10-5-6-11-15(14)20-2/h5-6,10-11H,3-4,7-9,12-13H2,1-2H3,(H,18,19). The van der Waals surface area contributed by atoms with Crippen molar-refractivity contribution in [2.75, 3.05) is 7.11 Å². The molecule has 1 saturated carbocycles. The molecule has 3 nitrogen and oxygen atoms in total. The average Bonchev–Trinajstić information content (AvgIpc) is 2.48. The first-order valence-electron chi connectivity index (χ1n) is 7.66. The summed E-state index contributed by atoms with van der Waals surface area (Å²) in [5, 5.41) is 3.31. The van der Waals surface area contributed by atoms with Crippen molar-refractivity contribution in [2.45, 2.75) is 57.4 Å². The van der Waals surface area contributed by atoms with Crippen LogP contribution in [0, 0.1) is 0 Å². The summed E-state index contributed by atoms with van der Waals surface area (Å²) in [6.45, 7) is 2.04. The van der Waals surface area contributed by atoms with Gasteiger partial charge in [0, 0.05) is 12.0 Å². The maximum Gasteiger partial charge on any atom is 0.220 e. The Balaban J connectivity index is 2.33. The molecule has 0 spiro atoms. The van der Waals surface area contributed by atoms with Crippen LogP contribution in [0.15, 0.2) is 24.3 Å². The highest BCUT2D eigenvalue weighted by atomic mass is 16.5. The van der Waals surface area contributed by atoms with E-state index in [0.717, 1.165) is 43.4 Å². The number of rotatable bonds is 5. The van der Waals surface area contributed by atoms with Crippen LogP contribution in [-0.4, -0.2) is 13.0 Å². The minimum Gasteiger partial charge on any atom is -0.496 e. The van der Waals surface area contributed by atoms with Crippen molar-refractivity contribution in [1.29, 1.82) is 0 Å². The van der Waals surface area contributed by atoms with Crippen LogP contribution in [0.4, 0.5) is 0 Å². The van der Waals surface area contributed by atoms with E-state index in [0.29, 0.717) is 6.42 Å². The van der Waals surface area contributed by atoms with E-state index in [9.17, 15) is 4.79 Å². The van der Waals surface area contributed by atoms with Gasteiger partial charge in [-0.1, -0.05) is 44.4 Å². The molecule has 1 N–H and O–H groups in total. The summed E-state index contributed by atoms with van der Waals surface area (Å²) >= 11 is 0. The third kappa shape index (κ3) is 3.14. The smallest absolute Gasteiger partial charge is 0.220 e. The zero-order chi connectivity index (χ0) is 14.4. The second kappa shape index (κ2) is 6.78. The van der Waals surface area contributed by atoms with Gasteiger partial charge in [0.25, 0.3) is 0 Å². The van der Waals surface area contributed by atoms with Crippen molar-refractivity contribution in [3.05, 3.63) is 29.8 Å². The van der Waals surface area contributed by atoms with Crippen LogP contribution in [0.1, 0.15) is 57.4 Å². The van der Waals surface area contributed by atoms with Gasteiger partial charge in [-0.15, -0.1) is 0 Å². The number of carbonyl (C=O) groups is 1. The summed E-state index contributed by atoms with van der Waals surface area (Å²) in [5.41, 5.74) is 0.892. The molecule has 3 heteroatoms. The van der Waals surface area contributed by atoms with Crippen molar-refractivity contribution in [3.8, 4) is 5.75 Å². The van der Waals surface area contributed by atoms with Gasteiger partial charge in [-0.05, 0) is 25.3 Å². The predicted molar refractivity (Wildman–Crippen MR) is 80.8 cm³/mol. The Morgan fingerprint density at radius 3 is 2.60 bits per heavy atom. The molecule has 0 bridgehead atoms. The SMILES string of the molecule is CCCC(=O)NC1(c2ccccc2OC)CCCCC1. The van der Waals surface area contributed by atoms with Gasteiger partial charge in [0.15, 0.2) is 0 Å². The normalized spacial score (nSPS) is 17.5. The summed E-state index contributed by atoms with van der Waals surface area (Å²) in [5.74, 6) is 1.03. The summed E-state index contributed by atoms with van der Waals surface area (Å²) in [6.07, 6.45) is 7.05. The molecule has 0 atom stereocenters. The molecule has 1 aliphatic rings. The molecule has 20 heavy (non-hydrogen) atoms. The van der Waals surface area contributed by atoms with Gasteiger partial charge in [0.1, 0.15) is 5.75 Å². The minimum atomic E-state index is -0.239. The van der Waals surface area contributed by atoms with Crippen LogP contribution in [0.3, 0.4) is 0 Å². The van der Waals surface area contributed by atoms with Crippen LogP contribution in [0.5, 0.6) is 5.75 Å². The molecule has 0 aliphatic heterocycles. The summed E-state index contributed by atoms with van der Waals surface area (Å²) in [4.78, 5) is 12.1. The summed E-state index contributed by atoms with van der Waals surface area (Å²) in [7, 11) is 1.70. The van der Waals surface area contributed by atoms with Gasteiger partial charge in [-0.2, -0.15) is 0 Å². The van der Waals surface area contributed by atoms with Crippen LogP contribution < -0.4 is 10.1 Å². The van der Waals surface area contributed by atoms with E-state index in [1.54, 1.807) is 7.11 Å². The predicted octanol–water partition coefficient (Wildman–Crippen LogP) is 3.77. The van der Waals surface area contributed by atoms with Crippen molar-refractivity contribution in [1.82, 2.24) is 5.32 Å². The largest absolute Gasteiger partial charge is 0.496 e. The zero-order valence-electron chi connectivity index (χ0n) is 12.6. The lowest BCUT2D eigenvalue weighted by atomic mass is 9.76. The fraction of sp³-hybridized carbons (Fsp3) is 0.588. The molecule has 1 fully saturated rings. The molecule has 0 heterocycles. The number of hydrogen-bond donors (Lipinski definition) is 1. The topological polar surface area (TPSA) is 38.3 Å². The monoisotopic (exact) mass is 275 g/mol. The van der Waals surface area contributed by atoms with Crippen LogP contribution in [-0.2, 0) is 10.3 Å². The van der Waals surface area contributed by atoms with Gasteiger partial charge in [0.05, 0.1) is 12.6 Å². The highest BCUT2D eigenvalue weighted by molar-refractivity contribution is 5.77. The van der Waals surface area contributed by atoms with Gasteiger partial charge in [-0.3, -0.25) is 4.79 Å². The van der Waals surface area contributed by atoms with E-state index in [1.807, 2.05) is 25.1 Å². The maximum absolute atomic E-state index is 12.1. The maximum atomic E-state index is 12.1. The van der Waals surface area contributed by atoms with Gasteiger partial charge >= 0.3 is 0 Å². The van der Waals surface area contributed by atoms with Crippen molar-refractivity contribution < 1.29 is 9.53 Å². The second-order valence-electron chi connectivity index (χ2n) is 5.64. The molecule has 1 aliphatic carbocycles. The molecule has 1 aromatic rings. The Morgan fingerprint density at radius 2 is 1.95 bits per heavy atom. The van der Waals surface area contributed by atoms with Crippen molar-refractivity contribution in [2.24, 2.45) is 0 Å². The van der Waals surface area contributed by atoms with E-state index < -0.39 is 0 Å². The third-order valence-electron chi connectivity index (χ3n) is 4.19. The Labute approximate surface area is 121 Å². The van der Waals surface area contributed by atoms with Gasteiger partial charge in [0.2, 0.25) is 5.91 Å². The van der Waals surface area contributed by atoms with Crippen LogP contribution in [0.25, 0.3) is 0 Å². The van der Waals surface area contributed by atoms with Crippen LogP contribution in [0.2, 0.25) is 0 Å². The number of amides is 1. The first kappa shape index (κ1) is 14.9. The van der Waals surface area contributed by atoms with E-state index >= 15 is 0 Å². The minimum absolute atomic E-state index is 0.153. The Kier molecular flexibility index (Phi) is 5.05. The fourth-order valence-corrected chi connectivity index (χ4v) is 3.21. The highest BCUT2D eigenvalue weighted by Crippen LogP contribution is 2.41. The number of methoxy groups -OCH3 is 1. The molecule has 110 valence electrons. The number of hydrogen-bond acceptors (Lipinski definition) is 2. The summed E-state index contributed by atoms with van der Waals surface area (Å²) < 4.78 is 5.51. The molecule has 0 unspecified atom stereocenters. The molecular weight excluding hydrogens is 250 g/mol. The first-order valence-corrected chi connectivity index (χ1v) is 7.66. The average molecular weight is 275 g/mol. The molecule has 0 radical (unpaired) electrons. The molecular formula is C17H25NO2. The second-order valence-corrected chi connectivity index (χ2v) is 5.64. The van der Waals surface area contributed by atoms with E-state index in [2.05, 4.69) is 11.4 Å². The Bertz CT molecular complexity index is 450. The first-order chi connectivity index (χ1) is 9.72. The van der Waals surface area contributed by atoms with E-state index in [1.165, 1.54) is 6.42 Å². The number of nitrogens with one attached hydrogen (secondary N) is 1. The molecule has 0 aromatic heterocycles. The molecule has 0 saturated heterocycles. The van der Waals surface area contributed by atoms with Crippen LogP contribution >= 0.6 is 0 Å². The fourth-order valence-electron chi connectivity index (χ4n) is 3.21. The number of para-hydroxylation sites is 1. The molecule has 1 amide bonds. The van der Waals surface area contributed by atoms with Crippen molar-refractivity contribution >= 4 is 5.91 Å². The third-order valence-corrected chi connectivity index (χ3v) is 4.19. The molecule has 1 aromatic carbocycles. The lowest BCUT2D eigenvalue weighted by Gasteiger charge is -2.39. The van der Waals surface area contributed by atoms with Gasteiger partial charge < -0.3 is 10.1 Å². The van der Waals surface area contributed by atoms with Gasteiger partial charge in [-0.25, -0.2) is 0 Å². The number of ether oxygens (including phenoxy) is 1. The number of benzene rings is 1. The van der Waals surface area contributed by atoms with E-state index in [-0.39, 0.29) is 11.4 Å². The lowest BCUT2D eigenvalue weighted by Crippen LogP contribution is -2.47.